The fourth-order valence-electron chi connectivity index (χ4n) is 2.33. The molecule has 7 heteroatoms. The van der Waals surface area contributed by atoms with Gasteiger partial charge in [-0.2, -0.15) is 0 Å². The summed E-state index contributed by atoms with van der Waals surface area (Å²) in [5.41, 5.74) is 1.72. The monoisotopic (exact) mass is 333 g/mol. The fraction of sp³-hybridized carbons (Fsp3) is 0.471. The van der Waals surface area contributed by atoms with Crippen LogP contribution < -0.4 is 10.6 Å². The topological polar surface area (TPSA) is 87.7 Å². The molecule has 3 amide bonds. The summed E-state index contributed by atoms with van der Waals surface area (Å²) < 4.78 is 4.83. The fourth-order valence-corrected chi connectivity index (χ4v) is 2.33. The zero-order valence-electron chi connectivity index (χ0n) is 14.0. The molecule has 0 saturated heterocycles. The number of nitrogens with one attached hydrogen (secondary N) is 2. The first-order chi connectivity index (χ1) is 11.5. The maximum absolute atomic E-state index is 12.0. The van der Waals surface area contributed by atoms with E-state index in [-0.39, 0.29) is 43.5 Å². The Bertz CT molecular complexity index is 614. The van der Waals surface area contributed by atoms with E-state index in [4.69, 9.17) is 4.74 Å². The number of carbonyl (C=O) groups excluding carboxylic acids is 3. The van der Waals surface area contributed by atoms with E-state index in [1.807, 2.05) is 25.1 Å². The molecule has 0 unspecified atom stereocenters. The van der Waals surface area contributed by atoms with Crippen LogP contribution in [0.25, 0.3) is 0 Å². The number of ether oxygens (including phenoxy) is 1. The van der Waals surface area contributed by atoms with Crippen molar-refractivity contribution in [2.24, 2.45) is 0 Å². The van der Waals surface area contributed by atoms with Gasteiger partial charge in [-0.15, -0.1) is 0 Å². The van der Waals surface area contributed by atoms with Gasteiger partial charge in [-0.1, -0.05) is 12.1 Å². The predicted octanol–water partition coefficient (Wildman–Crippen LogP) is 0.687. The highest BCUT2D eigenvalue weighted by Crippen LogP contribution is 2.26. The number of methoxy groups -OCH3 is 1. The molecule has 1 aromatic rings. The third kappa shape index (κ3) is 5.66. The molecular weight excluding hydrogens is 310 g/mol. The van der Waals surface area contributed by atoms with Gasteiger partial charge in [-0.3, -0.25) is 14.4 Å². The Kier molecular flexibility index (Phi) is 6.31. The summed E-state index contributed by atoms with van der Waals surface area (Å²) in [6.45, 7) is 1.70. The third-order valence-electron chi connectivity index (χ3n) is 3.64. The smallest absolute Gasteiger partial charge is 0.249 e. The van der Waals surface area contributed by atoms with Crippen molar-refractivity contribution in [1.82, 2.24) is 10.2 Å². The van der Waals surface area contributed by atoms with Crippen LogP contribution in [0.1, 0.15) is 18.4 Å². The number of nitrogens with zero attached hydrogens (tertiary/aromatic N) is 1. The number of hydrogen-bond donors (Lipinski definition) is 2. The first kappa shape index (κ1) is 17.9. The van der Waals surface area contributed by atoms with Crippen LogP contribution in [0.2, 0.25) is 0 Å². The average Bonchev–Trinajstić information content (AvgIpc) is 3.35. The lowest BCUT2D eigenvalue weighted by atomic mass is 10.2. The Morgan fingerprint density at radius 1 is 1.25 bits per heavy atom. The van der Waals surface area contributed by atoms with Gasteiger partial charge in [0, 0.05) is 18.8 Å². The summed E-state index contributed by atoms with van der Waals surface area (Å²) in [5.74, 6) is -0.875. The molecule has 2 N–H and O–H groups in total. The van der Waals surface area contributed by atoms with E-state index in [1.54, 1.807) is 6.07 Å². The SMILES string of the molecule is COCC(=O)N(CC(=O)NCC(=O)Nc1cccc(C)c1)C1CC1. The summed E-state index contributed by atoms with van der Waals surface area (Å²) in [5, 5.41) is 5.26. The number of rotatable bonds is 8. The Morgan fingerprint density at radius 2 is 2.00 bits per heavy atom. The largest absolute Gasteiger partial charge is 0.375 e. The van der Waals surface area contributed by atoms with Gasteiger partial charge in [0.2, 0.25) is 17.7 Å². The molecule has 0 aromatic heterocycles. The van der Waals surface area contributed by atoms with Gasteiger partial charge in [0.25, 0.3) is 0 Å². The zero-order valence-corrected chi connectivity index (χ0v) is 14.0. The quantitative estimate of drug-likeness (QED) is 0.733. The second-order valence-corrected chi connectivity index (χ2v) is 5.88. The van der Waals surface area contributed by atoms with Crippen LogP contribution in [0.5, 0.6) is 0 Å². The number of hydrogen-bond acceptors (Lipinski definition) is 4. The molecule has 0 atom stereocenters. The summed E-state index contributed by atoms with van der Waals surface area (Å²) >= 11 is 0. The van der Waals surface area contributed by atoms with Gasteiger partial charge in [-0.05, 0) is 37.5 Å². The van der Waals surface area contributed by atoms with Gasteiger partial charge in [0.15, 0.2) is 0 Å². The van der Waals surface area contributed by atoms with Crippen LogP contribution in [0.3, 0.4) is 0 Å². The molecule has 0 heterocycles. The number of carbonyl (C=O) groups is 3. The van der Waals surface area contributed by atoms with Crippen LogP contribution in [-0.4, -0.2) is 55.5 Å². The van der Waals surface area contributed by atoms with E-state index < -0.39 is 0 Å². The van der Waals surface area contributed by atoms with Crippen LogP contribution in [0.4, 0.5) is 5.69 Å². The number of aryl methyl sites for hydroxylation is 1. The number of benzene rings is 1. The molecule has 1 saturated carbocycles. The maximum atomic E-state index is 12.0. The van der Waals surface area contributed by atoms with Crippen LogP contribution in [0, 0.1) is 6.92 Å². The Balaban J connectivity index is 1.77. The molecule has 0 radical (unpaired) electrons. The highest BCUT2D eigenvalue weighted by atomic mass is 16.5. The standard InChI is InChI=1S/C17H23N3O4/c1-12-4-3-5-13(8-12)19-15(21)9-18-16(22)10-20(14-6-7-14)17(23)11-24-2/h3-5,8,14H,6-7,9-11H2,1-2H3,(H,18,22)(H,19,21). The molecule has 24 heavy (non-hydrogen) atoms. The van der Waals surface area contributed by atoms with Crippen molar-refractivity contribution in [1.29, 1.82) is 0 Å². The minimum atomic E-state index is -0.356. The van der Waals surface area contributed by atoms with Crippen molar-refractivity contribution < 1.29 is 19.1 Å². The molecule has 2 rings (SSSR count). The van der Waals surface area contributed by atoms with Gasteiger partial charge in [0.1, 0.15) is 6.61 Å². The van der Waals surface area contributed by atoms with Crippen LogP contribution in [0.15, 0.2) is 24.3 Å². The normalized spacial score (nSPS) is 13.2. The molecule has 0 aliphatic heterocycles. The first-order valence-corrected chi connectivity index (χ1v) is 7.91. The Hall–Kier alpha value is -2.41. The first-order valence-electron chi connectivity index (χ1n) is 7.91. The van der Waals surface area contributed by atoms with E-state index in [2.05, 4.69) is 10.6 Å². The lowest BCUT2D eigenvalue weighted by Crippen LogP contribution is -2.45. The van der Waals surface area contributed by atoms with E-state index in [1.165, 1.54) is 12.0 Å². The van der Waals surface area contributed by atoms with Crippen molar-refractivity contribution in [3.05, 3.63) is 29.8 Å². The molecular formula is C17H23N3O4. The van der Waals surface area contributed by atoms with Crippen molar-refractivity contribution in [2.75, 3.05) is 32.1 Å². The number of amides is 3. The highest BCUT2D eigenvalue weighted by Gasteiger charge is 2.33. The van der Waals surface area contributed by atoms with Gasteiger partial charge in [0.05, 0.1) is 13.1 Å². The minimum absolute atomic E-state index is 0.0440. The molecule has 1 aliphatic rings. The molecule has 130 valence electrons. The Labute approximate surface area is 141 Å². The van der Waals surface area contributed by atoms with E-state index >= 15 is 0 Å². The van der Waals surface area contributed by atoms with E-state index in [0.717, 1.165) is 18.4 Å². The van der Waals surface area contributed by atoms with Gasteiger partial charge >= 0.3 is 0 Å². The third-order valence-corrected chi connectivity index (χ3v) is 3.64. The molecule has 0 bridgehead atoms. The molecule has 1 aromatic carbocycles. The zero-order chi connectivity index (χ0) is 17.5. The summed E-state index contributed by atoms with van der Waals surface area (Å²) in [6, 6.07) is 7.52. The van der Waals surface area contributed by atoms with Crippen LogP contribution >= 0.6 is 0 Å². The maximum Gasteiger partial charge on any atom is 0.249 e. The molecule has 1 fully saturated rings. The second-order valence-electron chi connectivity index (χ2n) is 5.88. The summed E-state index contributed by atoms with van der Waals surface area (Å²) in [7, 11) is 1.44. The molecule has 7 nitrogen and oxygen atoms in total. The summed E-state index contributed by atoms with van der Waals surface area (Å²) in [6.07, 6.45) is 1.80. The van der Waals surface area contributed by atoms with Crippen molar-refractivity contribution in [3.8, 4) is 0 Å². The van der Waals surface area contributed by atoms with Gasteiger partial charge < -0.3 is 20.3 Å². The molecule has 0 spiro atoms. The second kappa shape index (κ2) is 8.44. The average molecular weight is 333 g/mol. The van der Waals surface area contributed by atoms with Crippen molar-refractivity contribution in [2.45, 2.75) is 25.8 Å². The Morgan fingerprint density at radius 3 is 2.62 bits per heavy atom. The van der Waals surface area contributed by atoms with Crippen molar-refractivity contribution in [3.63, 3.8) is 0 Å². The van der Waals surface area contributed by atoms with Crippen LogP contribution in [-0.2, 0) is 19.1 Å². The highest BCUT2D eigenvalue weighted by molar-refractivity contribution is 5.95. The lowest BCUT2D eigenvalue weighted by molar-refractivity contribution is -0.139. The van der Waals surface area contributed by atoms with Gasteiger partial charge in [-0.25, -0.2) is 0 Å². The van der Waals surface area contributed by atoms with E-state index in [0.29, 0.717) is 5.69 Å². The van der Waals surface area contributed by atoms with Crippen molar-refractivity contribution >= 4 is 23.4 Å². The summed E-state index contributed by atoms with van der Waals surface area (Å²) in [4.78, 5) is 37.3. The lowest BCUT2D eigenvalue weighted by Gasteiger charge is -2.21. The minimum Gasteiger partial charge on any atom is -0.375 e. The number of anilines is 1. The molecule has 1 aliphatic carbocycles. The van der Waals surface area contributed by atoms with E-state index in [9.17, 15) is 14.4 Å². The predicted molar refractivity (Wildman–Crippen MR) is 89.4 cm³/mol.